The Bertz CT molecular complexity index is 949. The molecule has 3 rings (SSSR count). The van der Waals surface area contributed by atoms with Gasteiger partial charge in [0.1, 0.15) is 5.75 Å². The first-order valence-electron chi connectivity index (χ1n) is 8.94. The summed E-state index contributed by atoms with van der Waals surface area (Å²) in [6.45, 7) is 1.17. The number of ether oxygens (including phenoxy) is 3. The van der Waals surface area contributed by atoms with Gasteiger partial charge in [0.25, 0.3) is 0 Å². The Balaban J connectivity index is 1.83. The van der Waals surface area contributed by atoms with E-state index in [-0.39, 0.29) is 4.90 Å². The standard InChI is InChI=1S/C20H24N2O5S/c1-25-18-13-20(27-3)19(26-2)12-15(18)14-21-16-6-8-17(9-7-16)28(23,24)22-10-4-5-11-22/h6-9,12-14H,4-5,10-11H2,1-3H3. The van der Waals surface area contributed by atoms with Crippen molar-refractivity contribution in [1.29, 1.82) is 0 Å². The first-order chi connectivity index (χ1) is 13.5. The lowest BCUT2D eigenvalue weighted by atomic mass is 10.2. The molecule has 0 bridgehead atoms. The third-order valence-corrected chi connectivity index (χ3v) is 6.54. The molecule has 0 saturated carbocycles. The van der Waals surface area contributed by atoms with E-state index < -0.39 is 10.0 Å². The number of hydrogen-bond acceptors (Lipinski definition) is 6. The van der Waals surface area contributed by atoms with Crippen LogP contribution in [0.25, 0.3) is 0 Å². The molecule has 1 saturated heterocycles. The van der Waals surface area contributed by atoms with Gasteiger partial charge in [-0.3, -0.25) is 4.99 Å². The topological polar surface area (TPSA) is 77.4 Å². The highest BCUT2D eigenvalue weighted by molar-refractivity contribution is 7.89. The largest absolute Gasteiger partial charge is 0.496 e. The summed E-state index contributed by atoms with van der Waals surface area (Å²) in [5.41, 5.74) is 1.35. The molecule has 150 valence electrons. The van der Waals surface area contributed by atoms with E-state index in [2.05, 4.69) is 4.99 Å². The van der Waals surface area contributed by atoms with Crippen LogP contribution in [0.3, 0.4) is 0 Å². The first kappa shape index (κ1) is 20.2. The number of sulfonamides is 1. The van der Waals surface area contributed by atoms with Crippen LogP contribution in [-0.4, -0.2) is 53.4 Å². The van der Waals surface area contributed by atoms with Crippen molar-refractivity contribution in [2.75, 3.05) is 34.4 Å². The molecule has 0 aromatic heterocycles. The molecule has 1 aliphatic heterocycles. The second kappa shape index (κ2) is 8.62. The minimum Gasteiger partial charge on any atom is -0.496 e. The second-order valence-corrected chi connectivity index (χ2v) is 8.25. The van der Waals surface area contributed by atoms with Crippen molar-refractivity contribution in [2.45, 2.75) is 17.7 Å². The number of benzene rings is 2. The second-order valence-electron chi connectivity index (χ2n) is 6.31. The Morgan fingerprint density at radius 2 is 1.46 bits per heavy atom. The summed E-state index contributed by atoms with van der Waals surface area (Å²) in [5.74, 6) is 1.72. The van der Waals surface area contributed by atoms with Gasteiger partial charge in [-0.2, -0.15) is 4.31 Å². The molecular weight excluding hydrogens is 380 g/mol. The molecule has 0 N–H and O–H groups in total. The average molecular weight is 404 g/mol. The van der Waals surface area contributed by atoms with Gasteiger partial charge in [0, 0.05) is 30.9 Å². The van der Waals surface area contributed by atoms with Crippen LogP contribution in [-0.2, 0) is 10.0 Å². The number of hydrogen-bond donors (Lipinski definition) is 0. The third kappa shape index (κ3) is 4.13. The molecule has 2 aromatic carbocycles. The van der Waals surface area contributed by atoms with Gasteiger partial charge in [-0.25, -0.2) is 8.42 Å². The number of aliphatic imine (C=N–C) groups is 1. The molecule has 28 heavy (non-hydrogen) atoms. The number of methoxy groups -OCH3 is 3. The summed E-state index contributed by atoms with van der Waals surface area (Å²) in [6, 6.07) is 10.1. The van der Waals surface area contributed by atoms with Crippen molar-refractivity contribution in [2.24, 2.45) is 4.99 Å². The molecule has 0 spiro atoms. The minimum absolute atomic E-state index is 0.289. The normalized spacial score (nSPS) is 15.1. The van der Waals surface area contributed by atoms with Crippen LogP contribution in [0, 0.1) is 0 Å². The summed E-state index contributed by atoms with van der Waals surface area (Å²) < 4.78 is 42.7. The van der Waals surface area contributed by atoms with Crippen molar-refractivity contribution in [3.63, 3.8) is 0 Å². The first-order valence-corrected chi connectivity index (χ1v) is 10.4. The molecular formula is C20H24N2O5S. The Kier molecular flexibility index (Phi) is 6.21. The highest BCUT2D eigenvalue weighted by Crippen LogP contribution is 2.34. The zero-order valence-electron chi connectivity index (χ0n) is 16.2. The van der Waals surface area contributed by atoms with Crippen LogP contribution < -0.4 is 14.2 Å². The summed E-state index contributed by atoms with van der Waals surface area (Å²) in [5, 5.41) is 0. The van der Waals surface area contributed by atoms with Crippen LogP contribution in [0.4, 0.5) is 5.69 Å². The van der Waals surface area contributed by atoms with Gasteiger partial charge in [-0.1, -0.05) is 0 Å². The highest BCUT2D eigenvalue weighted by Gasteiger charge is 2.26. The fraction of sp³-hybridized carbons (Fsp3) is 0.350. The van der Waals surface area contributed by atoms with E-state index in [1.165, 1.54) is 4.31 Å². The van der Waals surface area contributed by atoms with Crippen LogP contribution in [0.15, 0.2) is 46.3 Å². The van der Waals surface area contributed by atoms with E-state index in [9.17, 15) is 8.42 Å². The number of rotatable bonds is 7. The Morgan fingerprint density at radius 1 is 0.893 bits per heavy atom. The molecule has 0 atom stereocenters. The lowest BCUT2D eigenvalue weighted by molar-refractivity contribution is 0.349. The van der Waals surface area contributed by atoms with Crippen molar-refractivity contribution < 1.29 is 22.6 Å². The zero-order valence-corrected chi connectivity index (χ0v) is 17.0. The van der Waals surface area contributed by atoms with Crippen LogP contribution in [0.2, 0.25) is 0 Å². The molecule has 1 fully saturated rings. The monoisotopic (exact) mass is 404 g/mol. The quantitative estimate of drug-likeness (QED) is 0.662. The van der Waals surface area contributed by atoms with E-state index in [4.69, 9.17) is 14.2 Å². The van der Waals surface area contributed by atoms with E-state index in [0.717, 1.165) is 12.8 Å². The van der Waals surface area contributed by atoms with Crippen molar-refractivity contribution in [3.05, 3.63) is 42.0 Å². The van der Waals surface area contributed by atoms with Gasteiger partial charge < -0.3 is 14.2 Å². The fourth-order valence-electron chi connectivity index (χ4n) is 3.08. The highest BCUT2D eigenvalue weighted by atomic mass is 32.2. The van der Waals surface area contributed by atoms with Crippen molar-refractivity contribution in [1.82, 2.24) is 4.31 Å². The lowest BCUT2D eigenvalue weighted by Crippen LogP contribution is -2.27. The van der Waals surface area contributed by atoms with Gasteiger partial charge >= 0.3 is 0 Å². The number of nitrogens with zero attached hydrogens (tertiary/aromatic N) is 2. The van der Waals surface area contributed by atoms with Gasteiger partial charge in [0.05, 0.1) is 31.9 Å². The zero-order chi connectivity index (χ0) is 20.1. The van der Waals surface area contributed by atoms with E-state index in [1.54, 1.807) is 63.9 Å². The predicted molar refractivity (Wildman–Crippen MR) is 108 cm³/mol. The molecule has 0 radical (unpaired) electrons. The molecule has 2 aromatic rings. The van der Waals surface area contributed by atoms with Gasteiger partial charge in [0.15, 0.2) is 11.5 Å². The maximum absolute atomic E-state index is 12.6. The van der Waals surface area contributed by atoms with E-state index in [0.29, 0.717) is 41.6 Å². The SMILES string of the molecule is COc1cc(OC)c(OC)cc1C=Nc1ccc(S(=O)(=O)N2CCCC2)cc1. The van der Waals surface area contributed by atoms with E-state index >= 15 is 0 Å². The van der Waals surface area contributed by atoms with Crippen LogP contribution in [0.5, 0.6) is 17.2 Å². The lowest BCUT2D eigenvalue weighted by Gasteiger charge is -2.15. The van der Waals surface area contributed by atoms with Gasteiger partial charge in [0.2, 0.25) is 10.0 Å². The predicted octanol–water partition coefficient (Wildman–Crippen LogP) is 3.25. The fourth-order valence-corrected chi connectivity index (χ4v) is 4.60. The van der Waals surface area contributed by atoms with Gasteiger partial charge in [-0.15, -0.1) is 0 Å². The molecule has 1 heterocycles. The van der Waals surface area contributed by atoms with E-state index in [1.807, 2.05) is 0 Å². The molecule has 0 aliphatic carbocycles. The molecule has 7 nitrogen and oxygen atoms in total. The van der Waals surface area contributed by atoms with Crippen LogP contribution in [0.1, 0.15) is 18.4 Å². The molecule has 0 unspecified atom stereocenters. The summed E-state index contributed by atoms with van der Waals surface area (Å²) >= 11 is 0. The molecule has 8 heteroatoms. The minimum atomic E-state index is -3.42. The smallest absolute Gasteiger partial charge is 0.243 e. The van der Waals surface area contributed by atoms with Crippen LogP contribution >= 0.6 is 0 Å². The molecule has 1 aliphatic rings. The van der Waals surface area contributed by atoms with Crippen molar-refractivity contribution >= 4 is 21.9 Å². The summed E-state index contributed by atoms with van der Waals surface area (Å²) in [4.78, 5) is 4.72. The Labute approximate surface area is 165 Å². The maximum Gasteiger partial charge on any atom is 0.243 e. The van der Waals surface area contributed by atoms with Gasteiger partial charge in [-0.05, 0) is 43.2 Å². The van der Waals surface area contributed by atoms with Crippen molar-refractivity contribution in [3.8, 4) is 17.2 Å². The average Bonchev–Trinajstić information content (AvgIpc) is 3.27. The Hall–Kier alpha value is -2.58. The summed E-state index contributed by atoms with van der Waals surface area (Å²) in [6.07, 6.45) is 3.47. The Morgan fingerprint density at radius 3 is 2.04 bits per heavy atom. The molecule has 0 amide bonds. The third-order valence-electron chi connectivity index (χ3n) is 4.63. The summed E-state index contributed by atoms with van der Waals surface area (Å²) in [7, 11) is 1.27. The maximum atomic E-state index is 12.6.